The lowest BCUT2D eigenvalue weighted by molar-refractivity contribution is -0.149. The molecule has 1 heterocycles. The van der Waals surface area contributed by atoms with Crippen LogP contribution in [0.4, 0.5) is 18.9 Å². The summed E-state index contributed by atoms with van der Waals surface area (Å²) in [5, 5.41) is 0. The molecule has 0 fully saturated rings. The normalized spacial score (nSPS) is 16.6. The number of hydrogen-bond donors (Lipinski definition) is 1. The Balaban J connectivity index is 2.40. The van der Waals surface area contributed by atoms with Crippen molar-refractivity contribution in [1.82, 2.24) is 0 Å². The number of nitrogens with two attached hydrogens (primary N) is 1. The molecule has 1 aromatic rings. The smallest absolute Gasteiger partial charge is 0.407 e. The Morgan fingerprint density at radius 3 is 2.75 bits per heavy atom. The minimum atomic E-state index is -4.52. The van der Waals surface area contributed by atoms with Crippen LogP contribution >= 0.6 is 0 Å². The van der Waals surface area contributed by atoms with Gasteiger partial charge in [0.25, 0.3) is 5.91 Å². The molecule has 1 atom stereocenters. The van der Waals surface area contributed by atoms with Crippen molar-refractivity contribution in [3.63, 3.8) is 0 Å². The number of carbonyl (C=O) groups excluding carboxylic acids is 1. The third-order valence-electron chi connectivity index (χ3n) is 3.08. The van der Waals surface area contributed by atoms with Crippen LogP contribution in [-0.2, 0) is 4.79 Å². The van der Waals surface area contributed by atoms with Gasteiger partial charge in [0.05, 0.1) is 5.69 Å². The van der Waals surface area contributed by atoms with Gasteiger partial charge in [-0.2, -0.15) is 13.2 Å². The minimum absolute atomic E-state index is 0.0874. The van der Waals surface area contributed by atoms with E-state index in [0.717, 1.165) is 0 Å². The largest absolute Gasteiger partial charge is 0.482 e. The number of halogens is 3. The van der Waals surface area contributed by atoms with Crippen molar-refractivity contribution < 1.29 is 22.7 Å². The second-order valence-electron chi connectivity index (χ2n) is 4.58. The van der Waals surface area contributed by atoms with Gasteiger partial charge in [-0.3, -0.25) is 4.79 Å². The first-order valence-corrected chi connectivity index (χ1v) is 6.24. The molecule has 0 aromatic heterocycles. The molecule has 110 valence electrons. The standard InChI is InChI=1S/C13H15F3N2O2/c1-2-5-18-9-6-8(12(17)13(14,15)16)3-4-10(9)20-7-11(18)19/h3-4,6,12H,2,5,7,17H2,1H3. The van der Waals surface area contributed by atoms with Crippen molar-refractivity contribution in [1.29, 1.82) is 0 Å². The van der Waals surface area contributed by atoms with E-state index in [1.54, 1.807) is 0 Å². The molecule has 0 spiro atoms. The van der Waals surface area contributed by atoms with Crippen LogP contribution in [0.15, 0.2) is 18.2 Å². The molecule has 0 saturated carbocycles. The highest BCUT2D eigenvalue weighted by Gasteiger charge is 2.38. The molecule has 0 bridgehead atoms. The highest BCUT2D eigenvalue weighted by atomic mass is 19.4. The van der Waals surface area contributed by atoms with E-state index < -0.39 is 12.2 Å². The first kappa shape index (κ1) is 14.6. The van der Waals surface area contributed by atoms with Gasteiger partial charge >= 0.3 is 6.18 Å². The Kier molecular flexibility index (Phi) is 3.89. The Morgan fingerprint density at radius 2 is 2.15 bits per heavy atom. The van der Waals surface area contributed by atoms with E-state index in [1.807, 2.05) is 6.92 Å². The zero-order chi connectivity index (χ0) is 14.9. The Bertz CT molecular complexity index is 517. The fourth-order valence-electron chi connectivity index (χ4n) is 2.07. The molecule has 0 radical (unpaired) electrons. The molecule has 1 amide bonds. The van der Waals surface area contributed by atoms with Crippen LogP contribution in [0.25, 0.3) is 0 Å². The first-order chi connectivity index (χ1) is 9.34. The van der Waals surface area contributed by atoms with E-state index in [4.69, 9.17) is 10.5 Å². The third-order valence-corrected chi connectivity index (χ3v) is 3.08. The number of nitrogens with zero attached hydrogens (tertiary/aromatic N) is 1. The van der Waals surface area contributed by atoms with Crippen LogP contribution < -0.4 is 15.4 Å². The summed E-state index contributed by atoms with van der Waals surface area (Å²) in [6, 6.07) is 1.90. The first-order valence-electron chi connectivity index (χ1n) is 6.24. The van der Waals surface area contributed by atoms with E-state index >= 15 is 0 Å². The van der Waals surface area contributed by atoms with Gasteiger partial charge in [0.1, 0.15) is 11.8 Å². The molecule has 4 nitrogen and oxygen atoms in total. The fraction of sp³-hybridized carbons (Fsp3) is 0.462. The predicted molar refractivity (Wildman–Crippen MR) is 67.6 cm³/mol. The van der Waals surface area contributed by atoms with Crippen molar-refractivity contribution >= 4 is 11.6 Å². The molecule has 7 heteroatoms. The Labute approximate surface area is 114 Å². The highest BCUT2D eigenvalue weighted by Crippen LogP contribution is 2.37. The van der Waals surface area contributed by atoms with Crippen molar-refractivity contribution in [3.05, 3.63) is 23.8 Å². The number of carbonyl (C=O) groups is 1. The second-order valence-corrected chi connectivity index (χ2v) is 4.58. The number of fused-ring (bicyclic) bond motifs is 1. The van der Waals surface area contributed by atoms with Gasteiger partial charge in [-0.15, -0.1) is 0 Å². The van der Waals surface area contributed by atoms with Crippen molar-refractivity contribution in [2.24, 2.45) is 5.73 Å². The monoisotopic (exact) mass is 288 g/mol. The summed E-state index contributed by atoms with van der Waals surface area (Å²) in [6.07, 6.45) is -3.83. The van der Waals surface area contributed by atoms with Gasteiger partial charge in [0.15, 0.2) is 6.61 Å². The summed E-state index contributed by atoms with van der Waals surface area (Å²) >= 11 is 0. The van der Waals surface area contributed by atoms with E-state index in [1.165, 1.54) is 23.1 Å². The summed E-state index contributed by atoms with van der Waals surface area (Å²) < 4.78 is 43.2. The summed E-state index contributed by atoms with van der Waals surface area (Å²) in [5.41, 5.74) is 5.45. The molecular formula is C13H15F3N2O2. The van der Waals surface area contributed by atoms with Crippen LogP contribution in [0.3, 0.4) is 0 Å². The number of alkyl halides is 3. The van der Waals surface area contributed by atoms with Crippen LogP contribution in [0, 0.1) is 0 Å². The van der Waals surface area contributed by atoms with E-state index in [-0.39, 0.29) is 18.1 Å². The second kappa shape index (κ2) is 5.32. The maximum Gasteiger partial charge on any atom is 0.407 e. The topological polar surface area (TPSA) is 55.6 Å². The molecule has 20 heavy (non-hydrogen) atoms. The van der Waals surface area contributed by atoms with Crippen LogP contribution in [-0.4, -0.2) is 25.2 Å². The van der Waals surface area contributed by atoms with Crippen molar-refractivity contribution in [2.45, 2.75) is 25.6 Å². The summed E-state index contributed by atoms with van der Waals surface area (Å²) in [5.74, 6) is 0.133. The van der Waals surface area contributed by atoms with E-state index in [9.17, 15) is 18.0 Å². The third kappa shape index (κ3) is 2.72. The molecule has 1 aliphatic heterocycles. The van der Waals surface area contributed by atoms with Gasteiger partial charge in [0, 0.05) is 6.54 Å². The van der Waals surface area contributed by atoms with E-state index in [0.29, 0.717) is 24.4 Å². The van der Waals surface area contributed by atoms with Gasteiger partial charge < -0.3 is 15.4 Å². The molecule has 1 unspecified atom stereocenters. The number of ether oxygens (including phenoxy) is 1. The SMILES string of the molecule is CCCN1C(=O)COc2ccc(C(N)C(F)(F)F)cc21. The number of rotatable bonds is 3. The maximum absolute atomic E-state index is 12.7. The zero-order valence-corrected chi connectivity index (χ0v) is 10.9. The summed E-state index contributed by atoms with van der Waals surface area (Å²) in [4.78, 5) is 13.2. The average molecular weight is 288 g/mol. The lowest BCUT2D eigenvalue weighted by Gasteiger charge is -2.30. The maximum atomic E-state index is 12.7. The zero-order valence-electron chi connectivity index (χ0n) is 10.9. The Morgan fingerprint density at radius 1 is 1.45 bits per heavy atom. The Hall–Kier alpha value is -1.76. The molecule has 2 rings (SSSR count). The van der Waals surface area contributed by atoms with Gasteiger partial charge in [-0.25, -0.2) is 0 Å². The van der Waals surface area contributed by atoms with Crippen molar-refractivity contribution in [3.8, 4) is 5.75 Å². The van der Waals surface area contributed by atoms with Gasteiger partial charge in [-0.05, 0) is 24.1 Å². The summed E-state index contributed by atoms with van der Waals surface area (Å²) in [6.45, 7) is 2.21. The number of hydrogen-bond acceptors (Lipinski definition) is 3. The van der Waals surface area contributed by atoms with Crippen molar-refractivity contribution in [2.75, 3.05) is 18.1 Å². The number of benzene rings is 1. The van der Waals surface area contributed by atoms with E-state index in [2.05, 4.69) is 0 Å². The molecule has 1 aliphatic rings. The molecule has 0 aliphatic carbocycles. The minimum Gasteiger partial charge on any atom is -0.482 e. The predicted octanol–water partition coefficient (Wildman–Crippen LogP) is 2.38. The van der Waals surface area contributed by atoms with Crippen LogP contribution in [0.1, 0.15) is 24.9 Å². The number of anilines is 1. The van der Waals surface area contributed by atoms with Crippen LogP contribution in [0.2, 0.25) is 0 Å². The highest BCUT2D eigenvalue weighted by molar-refractivity contribution is 5.97. The van der Waals surface area contributed by atoms with Crippen LogP contribution in [0.5, 0.6) is 5.75 Å². The summed E-state index contributed by atoms with van der Waals surface area (Å²) in [7, 11) is 0. The quantitative estimate of drug-likeness (QED) is 0.929. The lowest BCUT2D eigenvalue weighted by atomic mass is 10.0. The molecule has 0 saturated heterocycles. The molecular weight excluding hydrogens is 273 g/mol. The fourth-order valence-corrected chi connectivity index (χ4v) is 2.07. The molecule has 1 aromatic carbocycles. The number of amides is 1. The lowest BCUT2D eigenvalue weighted by Crippen LogP contribution is -2.39. The average Bonchev–Trinajstić information content (AvgIpc) is 2.40. The van der Waals surface area contributed by atoms with Gasteiger partial charge in [0.2, 0.25) is 0 Å². The van der Waals surface area contributed by atoms with Gasteiger partial charge in [-0.1, -0.05) is 13.0 Å². The molecule has 2 N–H and O–H groups in total.